The number of para-hydroxylation sites is 2. The van der Waals surface area contributed by atoms with Crippen LogP contribution in [0, 0.1) is 0 Å². The number of primary amides is 1. The van der Waals surface area contributed by atoms with Crippen LogP contribution in [0.3, 0.4) is 0 Å². The maximum atomic E-state index is 10.5. The number of amides is 2. The van der Waals surface area contributed by atoms with Crippen LogP contribution in [0.1, 0.15) is 12.6 Å². The Balaban J connectivity index is 2.36. The standard InChI is InChI=1S/C11H11N5O/c1-7(15-16-11(12)17)10-6-13-8-4-2-3-5-9(8)14-10/h2-6H,1H3,(H3,12,16,17)/b15-7+. The number of carbonyl (C=O) groups is 1. The number of rotatable bonds is 2. The molecule has 0 spiro atoms. The highest BCUT2D eigenvalue weighted by atomic mass is 16.2. The van der Waals surface area contributed by atoms with E-state index < -0.39 is 6.03 Å². The van der Waals surface area contributed by atoms with Gasteiger partial charge >= 0.3 is 6.03 Å². The minimum absolute atomic E-state index is 0.544. The van der Waals surface area contributed by atoms with Crippen molar-refractivity contribution in [2.24, 2.45) is 10.8 Å². The molecule has 0 aliphatic carbocycles. The second kappa shape index (κ2) is 4.56. The average Bonchev–Trinajstić information content (AvgIpc) is 2.35. The Bertz CT molecular complexity index is 593. The van der Waals surface area contributed by atoms with E-state index in [-0.39, 0.29) is 0 Å². The fourth-order valence-electron chi connectivity index (χ4n) is 1.33. The summed E-state index contributed by atoms with van der Waals surface area (Å²) in [5.41, 5.74) is 9.79. The molecular formula is C11H11N5O. The average molecular weight is 229 g/mol. The summed E-state index contributed by atoms with van der Waals surface area (Å²) in [4.78, 5) is 19.1. The molecule has 2 aromatic rings. The highest BCUT2D eigenvalue weighted by Crippen LogP contribution is 2.08. The number of urea groups is 1. The molecule has 0 unspecified atom stereocenters. The van der Waals surface area contributed by atoms with Gasteiger partial charge in [0.1, 0.15) is 5.69 Å². The second-order valence-electron chi connectivity index (χ2n) is 3.42. The fraction of sp³-hybridized carbons (Fsp3) is 0.0909. The Kier molecular flexibility index (Phi) is 2.95. The lowest BCUT2D eigenvalue weighted by molar-refractivity contribution is 0.249. The Morgan fingerprint density at radius 1 is 1.35 bits per heavy atom. The first-order valence-electron chi connectivity index (χ1n) is 4.99. The van der Waals surface area contributed by atoms with E-state index in [2.05, 4.69) is 20.5 Å². The molecule has 1 aromatic carbocycles. The minimum Gasteiger partial charge on any atom is -0.350 e. The SMILES string of the molecule is C/C(=N\NC(N)=O)c1cnc2ccccc2n1. The fourth-order valence-corrected chi connectivity index (χ4v) is 1.33. The van der Waals surface area contributed by atoms with Gasteiger partial charge in [0.15, 0.2) is 0 Å². The molecule has 2 rings (SSSR count). The third-order valence-electron chi connectivity index (χ3n) is 2.15. The molecule has 0 saturated carbocycles. The summed E-state index contributed by atoms with van der Waals surface area (Å²) >= 11 is 0. The molecular weight excluding hydrogens is 218 g/mol. The van der Waals surface area contributed by atoms with E-state index in [4.69, 9.17) is 5.73 Å². The van der Waals surface area contributed by atoms with Crippen LogP contribution >= 0.6 is 0 Å². The number of carbonyl (C=O) groups excluding carboxylic acids is 1. The van der Waals surface area contributed by atoms with E-state index in [0.29, 0.717) is 11.4 Å². The molecule has 0 bridgehead atoms. The minimum atomic E-state index is -0.710. The Labute approximate surface area is 97.6 Å². The van der Waals surface area contributed by atoms with Crippen molar-refractivity contribution < 1.29 is 4.79 Å². The van der Waals surface area contributed by atoms with Gasteiger partial charge in [-0.25, -0.2) is 15.2 Å². The van der Waals surface area contributed by atoms with Crippen molar-refractivity contribution in [3.8, 4) is 0 Å². The van der Waals surface area contributed by atoms with Crippen molar-refractivity contribution in [1.29, 1.82) is 0 Å². The molecule has 0 saturated heterocycles. The molecule has 17 heavy (non-hydrogen) atoms. The molecule has 0 aliphatic rings. The van der Waals surface area contributed by atoms with Crippen molar-refractivity contribution >= 4 is 22.8 Å². The molecule has 0 radical (unpaired) electrons. The van der Waals surface area contributed by atoms with Gasteiger partial charge in [-0.05, 0) is 19.1 Å². The third-order valence-corrected chi connectivity index (χ3v) is 2.15. The van der Waals surface area contributed by atoms with E-state index in [1.807, 2.05) is 24.3 Å². The molecule has 6 heteroatoms. The van der Waals surface area contributed by atoms with Gasteiger partial charge in [-0.15, -0.1) is 0 Å². The van der Waals surface area contributed by atoms with Crippen molar-refractivity contribution in [2.45, 2.75) is 6.92 Å². The molecule has 86 valence electrons. The van der Waals surface area contributed by atoms with Crippen LogP contribution in [0.25, 0.3) is 11.0 Å². The van der Waals surface area contributed by atoms with Gasteiger partial charge in [0.25, 0.3) is 0 Å². The predicted octanol–water partition coefficient (Wildman–Crippen LogP) is 1.02. The first kappa shape index (κ1) is 11.0. The summed E-state index contributed by atoms with van der Waals surface area (Å²) in [6.07, 6.45) is 1.60. The first-order valence-corrected chi connectivity index (χ1v) is 4.99. The molecule has 0 atom stereocenters. The Morgan fingerprint density at radius 3 is 2.76 bits per heavy atom. The van der Waals surface area contributed by atoms with Gasteiger partial charge in [0.2, 0.25) is 0 Å². The molecule has 0 aliphatic heterocycles. The van der Waals surface area contributed by atoms with E-state index in [1.54, 1.807) is 13.1 Å². The zero-order valence-electron chi connectivity index (χ0n) is 9.21. The molecule has 0 fully saturated rings. The van der Waals surface area contributed by atoms with Gasteiger partial charge in [0.05, 0.1) is 22.9 Å². The highest BCUT2D eigenvalue weighted by molar-refractivity contribution is 5.98. The quantitative estimate of drug-likeness (QED) is 0.594. The zero-order valence-corrected chi connectivity index (χ0v) is 9.21. The van der Waals surface area contributed by atoms with Crippen LogP contribution in [0.15, 0.2) is 35.6 Å². The summed E-state index contributed by atoms with van der Waals surface area (Å²) in [6, 6.07) is 6.81. The maximum Gasteiger partial charge on any atom is 0.332 e. The lowest BCUT2D eigenvalue weighted by Crippen LogP contribution is -2.25. The predicted molar refractivity (Wildman–Crippen MR) is 64.5 cm³/mol. The van der Waals surface area contributed by atoms with Gasteiger partial charge in [-0.1, -0.05) is 12.1 Å². The number of fused-ring (bicyclic) bond motifs is 1. The smallest absolute Gasteiger partial charge is 0.332 e. The number of benzene rings is 1. The summed E-state index contributed by atoms with van der Waals surface area (Å²) in [6.45, 7) is 1.72. The van der Waals surface area contributed by atoms with Crippen molar-refractivity contribution in [3.63, 3.8) is 0 Å². The summed E-state index contributed by atoms with van der Waals surface area (Å²) in [5.74, 6) is 0. The van der Waals surface area contributed by atoms with Crippen LogP contribution in [0.2, 0.25) is 0 Å². The van der Waals surface area contributed by atoms with E-state index in [0.717, 1.165) is 11.0 Å². The first-order chi connectivity index (χ1) is 8.16. The van der Waals surface area contributed by atoms with Crippen molar-refractivity contribution in [2.75, 3.05) is 0 Å². The normalized spacial score (nSPS) is 11.5. The van der Waals surface area contributed by atoms with E-state index >= 15 is 0 Å². The third kappa shape index (κ3) is 2.54. The number of nitrogens with zero attached hydrogens (tertiary/aromatic N) is 3. The molecule has 1 aromatic heterocycles. The lowest BCUT2D eigenvalue weighted by Gasteiger charge is -2.01. The second-order valence-corrected chi connectivity index (χ2v) is 3.42. The van der Waals surface area contributed by atoms with Crippen molar-refractivity contribution in [1.82, 2.24) is 15.4 Å². The zero-order chi connectivity index (χ0) is 12.3. The van der Waals surface area contributed by atoms with Gasteiger partial charge in [-0.3, -0.25) is 4.98 Å². The maximum absolute atomic E-state index is 10.5. The van der Waals surface area contributed by atoms with Crippen LogP contribution in [0.4, 0.5) is 4.79 Å². The number of hydrogen-bond donors (Lipinski definition) is 2. The Hall–Kier alpha value is -2.50. The molecule has 3 N–H and O–H groups in total. The van der Waals surface area contributed by atoms with Crippen LogP contribution in [-0.2, 0) is 0 Å². The topological polar surface area (TPSA) is 93.3 Å². The van der Waals surface area contributed by atoms with Gasteiger partial charge in [0, 0.05) is 0 Å². The van der Waals surface area contributed by atoms with Crippen molar-refractivity contribution in [3.05, 3.63) is 36.2 Å². The molecule has 2 amide bonds. The van der Waals surface area contributed by atoms with Gasteiger partial charge in [-0.2, -0.15) is 5.10 Å². The number of hydrazone groups is 1. The van der Waals surface area contributed by atoms with Crippen LogP contribution in [-0.4, -0.2) is 21.7 Å². The monoisotopic (exact) mass is 229 g/mol. The number of aromatic nitrogens is 2. The van der Waals surface area contributed by atoms with Crippen LogP contribution in [0.5, 0.6) is 0 Å². The largest absolute Gasteiger partial charge is 0.350 e. The van der Waals surface area contributed by atoms with E-state index in [9.17, 15) is 4.79 Å². The number of hydrogen-bond acceptors (Lipinski definition) is 4. The van der Waals surface area contributed by atoms with Gasteiger partial charge < -0.3 is 5.73 Å². The van der Waals surface area contributed by atoms with E-state index in [1.165, 1.54) is 0 Å². The number of nitrogens with one attached hydrogen (secondary N) is 1. The lowest BCUT2D eigenvalue weighted by atomic mass is 10.2. The summed E-state index contributed by atoms with van der Waals surface area (Å²) < 4.78 is 0. The summed E-state index contributed by atoms with van der Waals surface area (Å²) in [7, 11) is 0. The molecule has 1 heterocycles. The highest BCUT2D eigenvalue weighted by Gasteiger charge is 2.02. The molecule has 6 nitrogen and oxygen atoms in total. The van der Waals surface area contributed by atoms with Crippen LogP contribution < -0.4 is 11.2 Å². The Morgan fingerprint density at radius 2 is 2.06 bits per heavy atom. The number of nitrogens with two attached hydrogens (primary N) is 1. The summed E-state index contributed by atoms with van der Waals surface area (Å²) in [5, 5.41) is 3.79.